The van der Waals surface area contributed by atoms with Gasteiger partial charge in [-0.25, -0.2) is 0 Å². The van der Waals surface area contributed by atoms with E-state index in [-0.39, 0.29) is 0 Å². The van der Waals surface area contributed by atoms with Crippen LogP contribution in [0.2, 0.25) is 0 Å². The van der Waals surface area contributed by atoms with Crippen LogP contribution in [0.1, 0.15) is 22.3 Å². The summed E-state index contributed by atoms with van der Waals surface area (Å²) >= 11 is 0. The summed E-state index contributed by atoms with van der Waals surface area (Å²) in [4.78, 5) is 2.43. The zero-order chi connectivity index (χ0) is 39.4. The van der Waals surface area contributed by atoms with Crippen molar-refractivity contribution in [3.63, 3.8) is 0 Å². The lowest BCUT2D eigenvalue weighted by Crippen LogP contribution is -2.26. The Morgan fingerprint density at radius 2 is 0.783 bits per heavy atom. The normalized spacial score (nSPS) is 14.7. The molecule has 13 rings (SSSR count). The summed E-state index contributed by atoms with van der Waals surface area (Å²) < 4.78 is 0. The molecule has 0 aliphatic heterocycles. The van der Waals surface area contributed by atoms with Crippen LogP contribution < -0.4 is 4.90 Å². The smallest absolute Gasteiger partial charge is 0.0726 e. The molecule has 3 aliphatic carbocycles. The van der Waals surface area contributed by atoms with Gasteiger partial charge in [-0.3, -0.25) is 0 Å². The van der Waals surface area contributed by atoms with E-state index >= 15 is 0 Å². The molecule has 1 spiro atoms. The second kappa shape index (κ2) is 12.6. The van der Waals surface area contributed by atoms with Crippen molar-refractivity contribution < 1.29 is 0 Å². The van der Waals surface area contributed by atoms with Gasteiger partial charge in [-0.1, -0.05) is 182 Å². The standard InChI is InChI=1S/C59H37N/c1-3-15-38(16-4-1)40-29-31-42(32-30-40)60(43-20-13-19-41(35-43)39-17-5-2-6-18-39)44-33-34-55-51(36-44)47-23-9-11-27-53(47)59(55)54-28-12-10-24-49(54)58-50-26-14-25-48-45-21-7-8-22-46(45)52(57(48)50)37-56(58)59/h1-37H. The molecule has 278 valence electrons. The Bertz CT molecular complexity index is 3360. The van der Waals surface area contributed by atoms with Crippen LogP contribution in [0.5, 0.6) is 0 Å². The molecule has 0 N–H and O–H groups in total. The minimum absolute atomic E-state index is 0.468. The van der Waals surface area contributed by atoms with Gasteiger partial charge in [-0.05, 0) is 142 Å². The van der Waals surface area contributed by atoms with Gasteiger partial charge < -0.3 is 4.90 Å². The van der Waals surface area contributed by atoms with Crippen molar-refractivity contribution in [3.8, 4) is 66.8 Å². The Balaban J connectivity index is 1.05. The molecular weight excluding hydrogens is 723 g/mol. The van der Waals surface area contributed by atoms with Crippen LogP contribution >= 0.6 is 0 Å². The van der Waals surface area contributed by atoms with Gasteiger partial charge in [0.15, 0.2) is 0 Å². The molecule has 1 atom stereocenters. The van der Waals surface area contributed by atoms with Crippen LogP contribution in [0.15, 0.2) is 224 Å². The largest absolute Gasteiger partial charge is 0.310 e. The van der Waals surface area contributed by atoms with Crippen molar-refractivity contribution >= 4 is 27.8 Å². The van der Waals surface area contributed by atoms with Gasteiger partial charge in [0, 0.05) is 17.1 Å². The Hall–Kier alpha value is -7.74. The van der Waals surface area contributed by atoms with E-state index in [1.165, 1.54) is 99.8 Å². The summed E-state index contributed by atoms with van der Waals surface area (Å²) in [6.45, 7) is 0. The summed E-state index contributed by atoms with van der Waals surface area (Å²) in [6.07, 6.45) is 0. The molecule has 0 heterocycles. The van der Waals surface area contributed by atoms with Crippen LogP contribution in [0, 0.1) is 0 Å². The van der Waals surface area contributed by atoms with E-state index in [1.807, 2.05) is 0 Å². The van der Waals surface area contributed by atoms with Crippen molar-refractivity contribution in [2.24, 2.45) is 0 Å². The van der Waals surface area contributed by atoms with Crippen molar-refractivity contribution in [2.75, 3.05) is 4.90 Å². The molecule has 0 amide bonds. The van der Waals surface area contributed by atoms with Crippen molar-refractivity contribution in [3.05, 3.63) is 247 Å². The van der Waals surface area contributed by atoms with E-state index < -0.39 is 5.41 Å². The fourth-order valence-corrected chi connectivity index (χ4v) is 11.0. The lowest BCUT2D eigenvalue weighted by Gasteiger charge is -2.31. The maximum Gasteiger partial charge on any atom is 0.0726 e. The average Bonchev–Trinajstić information content (AvgIpc) is 3.92. The summed E-state index contributed by atoms with van der Waals surface area (Å²) in [6, 6.07) is 83.4. The van der Waals surface area contributed by atoms with Gasteiger partial charge in [0.1, 0.15) is 0 Å². The SMILES string of the molecule is c1ccc(-c2ccc(N(c3cccc(-c4ccccc4)c3)c3ccc4c(c3)-c3ccccc3C43c4ccccc4-c4c3cc3c5c(cccc45)-c4ccccc4-3)cc2)cc1. The number of fused-ring (bicyclic) bond motifs is 14. The fraction of sp³-hybridized carbons (Fsp3) is 0.0169. The first-order chi connectivity index (χ1) is 29.8. The predicted molar refractivity (Wildman–Crippen MR) is 250 cm³/mol. The van der Waals surface area contributed by atoms with Crippen LogP contribution in [-0.2, 0) is 5.41 Å². The highest BCUT2D eigenvalue weighted by molar-refractivity contribution is 6.21. The van der Waals surface area contributed by atoms with Crippen LogP contribution in [0.25, 0.3) is 77.5 Å². The third-order valence-electron chi connectivity index (χ3n) is 13.4. The molecule has 0 aromatic heterocycles. The van der Waals surface area contributed by atoms with Crippen LogP contribution in [0.4, 0.5) is 17.1 Å². The Morgan fingerprint density at radius 3 is 1.53 bits per heavy atom. The summed E-state index contributed by atoms with van der Waals surface area (Å²) in [5.41, 5.74) is 23.7. The molecule has 1 heteroatoms. The molecule has 0 saturated carbocycles. The van der Waals surface area contributed by atoms with Gasteiger partial charge in [-0.15, -0.1) is 0 Å². The second-order valence-corrected chi connectivity index (χ2v) is 16.4. The first kappa shape index (κ1) is 33.3. The van der Waals surface area contributed by atoms with Gasteiger partial charge in [-0.2, -0.15) is 0 Å². The average molecular weight is 760 g/mol. The third kappa shape index (κ3) is 4.52. The zero-order valence-electron chi connectivity index (χ0n) is 32.8. The number of nitrogens with zero attached hydrogens (tertiary/aromatic N) is 1. The van der Waals surface area contributed by atoms with Gasteiger partial charge in [0.05, 0.1) is 5.41 Å². The molecule has 60 heavy (non-hydrogen) atoms. The third-order valence-corrected chi connectivity index (χ3v) is 13.4. The summed E-state index contributed by atoms with van der Waals surface area (Å²) in [5.74, 6) is 0. The number of anilines is 3. The van der Waals surface area contributed by atoms with E-state index in [0.29, 0.717) is 0 Å². The molecule has 10 aromatic rings. The second-order valence-electron chi connectivity index (χ2n) is 16.4. The monoisotopic (exact) mass is 759 g/mol. The van der Waals surface area contributed by atoms with Crippen LogP contribution in [-0.4, -0.2) is 0 Å². The minimum atomic E-state index is -0.468. The maximum atomic E-state index is 2.56. The Labute approximate surface area is 350 Å². The van der Waals surface area contributed by atoms with E-state index in [9.17, 15) is 0 Å². The zero-order valence-corrected chi connectivity index (χ0v) is 32.8. The highest BCUT2D eigenvalue weighted by Crippen LogP contribution is 2.66. The number of hydrogen-bond donors (Lipinski definition) is 0. The number of rotatable bonds is 5. The topological polar surface area (TPSA) is 3.24 Å². The minimum Gasteiger partial charge on any atom is -0.310 e. The highest BCUT2D eigenvalue weighted by atomic mass is 15.1. The Morgan fingerprint density at radius 1 is 0.267 bits per heavy atom. The molecule has 10 aromatic carbocycles. The quantitative estimate of drug-likeness (QED) is 0.169. The molecule has 0 radical (unpaired) electrons. The lowest BCUT2D eigenvalue weighted by molar-refractivity contribution is 0.795. The molecule has 0 saturated heterocycles. The van der Waals surface area contributed by atoms with Crippen molar-refractivity contribution in [1.82, 2.24) is 0 Å². The summed E-state index contributed by atoms with van der Waals surface area (Å²) in [7, 11) is 0. The van der Waals surface area contributed by atoms with Gasteiger partial charge in [0.25, 0.3) is 0 Å². The molecule has 1 unspecified atom stereocenters. The highest BCUT2D eigenvalue weighted by Gasteiger charge is 2.52. The van der Waals surface area contributed by atoms with Crippen molar-refractivity contribution in [2.45, 2.75) is 5.41 Å². The molecule has 0 bridgehead atoms. The van der Waals surface area contributed by atoms with Gasteiger partial charge in [0.2, 0.25) is 0 Å². The first-order valence-corrected chi connectivity index (χ1v) is 20.9. The first-order valence-electron chi connectivity index (χ1n) is 20.9. The summed E-state index contributed by atoms with van der Waals surface area (Å²) in [5, 5.41) is 2.71. The lowest BCUT2D eigenvalue weighted by atomic mass is 9.70. The predicted octanol–water partition coefficient (Wildman–Crippen LogP) is 15.6. The number of benzene rings is 10. The molecule has 0 fully saturated rings. The van der Waals surface area contributed by atoms with Gasteiger partial charge >= 0.3 is 0 Å². The van der Waals surface area contributed by atoms with E-state index in [4.69, 9.17) is 0 Å². The maximum absolute atomic E-state index is 2.56. The van der Waals surface area contributed by atoms with Crippen LogP contribution in [0.3, 0.4) is 0 Å². The molecule has 1 nitrogen and oxygen atoms in total. The van der Waals surface area contributed by atoms with Crippen molar-refractivity contribution in [1.29, 1.82) is 0 Å². The molecular formula is C59H37N. The van der Waals surface area contributed by atoms with E-state index in [2.05, 4.69) is 229 Å². The van der Waals surface area contributed by atoms with E-state index in [0.717, 1.165) is 17.1 Å². The fourth-order valence-electron chi connectivity index (χ4n) is 11.0. The molecule has 3 aliphatic rings. The Kier molecular flexibility index (Phi) is 7.00. The van der Waals surface area contributed by atoms with E-state index in [1.54, 1.807) is 0 Å². The number of hydrogen-bond acceptors (Lipinski definition) is 1.